The van der Waals surface area contributed by atoms with E-state index in [-0.39, 0.29) is 17.0 Å². The molecule has 1 rings (SSSR count). The average Bonchev–Trinajstić information content (AvgIpc) is 1.97. The lowest BCUT2D eigenvalue weighted by atomic mass is 10.2. The third-order valence-corrected chi connectivity index (χ3v) is 1.94. The number of rotatable bonds is 2. The lowest BCUT2D eigenvalue weighted by Gasteiger charge is -2.08. The molecule has 1 aromatic rings. The van der Waals surface area contributed by atoms with E-state index in [9.17, 15) is 13.2 Å². The van der Waals surface area contributed by atoms with E-state index in [1.807, 2.05) is 0 Å². The molecular formula is C7H7FNO2S-. The van der Waals surface area contributed by atoms with Crippen molar-refractivity contribution in [2.24, 2.45) is 0 Å². The minimum absolute atomic E-state index is 0.0332. The summed E-state index contributed by atoms with van der Waals surface area (Å²) < 4.78 is 33.4. The molecule has 1 unspecified atom stereocenters. The minimum atomic E-state index is -2.31. The fourth-order valence-corrected chi connectivity index (χ4v) is 1.39. The third kappa shape index (κ3) is 2.02. The summed E-state index contributed by atoms with van der Waals surface area (Å²) in [5.41, 5.74) is 5.56. The number of nitrogens with two attached hydrogens (primary N) is 1. The van der Waals surface area contributed by atoms with E-state index >= 15 is 0 Å². The molecule has 0 bridgehead atoms. The molecule has 0 spiro atoms. The molecule has 0 saturated carbocycles. The van der Waals surface area contributed by atoms with Crippen molar-refractivity contribution in [3.63, 3.8) is 0 Å². The van der Waals surface area contributed by atoms with Gasteiger partial charge < -0.3 is 10.3 Å². The first-order valence-corrected chi connectivity index (χ1v) is 4.44. The van der Waals surface area contributed by atoms with E-state index in [1.54, 1.807) is 0 Å². The number of hydrogen-bond acceptors (Lipinski definition) is 3. The van der Waals surface area contributed by atoms with E-state index in [0.29, 0.717) is 0 Å². The molecular weight excluding hydrogens is 181 g/mol. The van der Waals surface area contributed by atoms with E-state index in [1.165, 1.54) is 18.2 Å². The standard InChI is InChI=1S/C7H8FNO2S/c8-6-2-1-3-7(9)5(6)4-12(10)11/h1-3H,4,9H2,(H,10,11)/p-1. The SMILES string of the molecule is Nc1cccc(F)c1CS(=O)[O-]. The molecule has 0 amide bonds. The Labute approximate surface area is 71.7 Å². The quantitative estimate of drug-likeness (QED) is 0.551. The van der Waals surface area contributed by atoms with Crippen LogP contribution in [0.3, 0.4) is 0 Å². The van der Waals surface area contributed by atoms with Crippen LogP contribution in [0.1, 0.15) is 5.56 Å². The Morgan fingerprint density at radius 3 is 2.75 bits per heavy atom. The van der Waals surface area contributed by atoms with Gasteiger partial charge in [0, 0.05) is 17.0 Å². The number of benzene rings is 1. The molecule has 1 aromatic carbocycles. The van der Waals surface area contributed by atoms with E-state index < -0.39 is 16.9 Å². The van der Waals surface area contributed by atoms with Crippen molar-refractivity contribution in [1.82, 2.24) is 0 Å². The van der Waals surface area contributed by atoms with Crippen molar-refractivity contribution in [1.29, 1.82) is 0 Å². The Bertz CT molecular complexity index is 296. The van der Waals surface area contributed by atoms with Crippen LogP contribution in [0.25, 0.3) is 0 Å². The van der Waals surface area contributed by atoms with Crippen molar-refractivity contribution >= 4 is 16.8 Å². The second-order valence-corrected chi connectivity index (χ2v) is 3.15. The van der Waals surface area contributed by atoms with Crippen molar-refractivity contribution in [3.8, 4) is 0 Å². The van der Waals surface area contributed by atoms with Crippen LogP contribution >= 0.6 is 0 Å². The van der Waals surface area contributed by atoms with E-state index in [0.717, 1.165) is 0 Å². The van der Waals surface area contributed by atoms with Gasteiger partial charge in [-0.3, -0.25) is 4.21 Å². The maximum absolute atomic E-state index is 12.9. The molecule has 0 aromatic heterocycles. The topological polar surface area (TPSA) is 66.2 Å². The normalized spacial score (nSPS) is 12.8. The van der Waals surface area contributed by atoms with Gasteiger partial charge in [0.05, 0.1) is 0 Å². The van der Waals surface area contributed by atoms with Crippen molar-refractivity contribution < 1.29 is 13.2 Å². The summed E-state index contributed by atoms with van der Waals surface area (Å²) in [6.45, 7) is 0. The van der Waals surface area contributed by atoms with Gasteiger partial charge in [-0.2, -0.15) is 0 Å². The first-order valence-electron chi connectivity index (χ1n) is 3.20. The Morgan fingerprint density at radius 1 is 1.58 bits per heavy atom. The maximum Gasteiger partial charge on any atom is 0.129 e. The average molecular weight is 188 g/mol. The van der Waals surface area contributed by atoms with Crippen LogP contribution in [-0.4, -0.2) is 8.76 Å². The van der Waals surface area contributed by atoms with Gasteiger partial charge in [0.1, 0.15) is 5.82 Å². The van der Waals surface area contributed by atoms with Crippen molar-refractivity contribution in [2.45, 2.75) is 5.75 Å². The van der Waals surface area contributed by atoms with Crippen LogP contribution in [-0.2, 0) is 16.8 Å². The summed E-state index contributed by atoms with van der Waals surface area (Å²) in [5, 5.41) is 0. The van der Waals surface area contributed by atoms with Gasteiger partial charge in [-0.05, 0) is 12.1 Å². The number of halogens is 1. The predicted octanol–water partition coefficient (Wildman–Crippen LogP) is 0.787. The maximum atomic E-state index is 12.9. The zero-order chi connectivity index (χ0) is 9.14. The summed E-state index contributed by atoms with van der Waals surface area (Å²) in [6, 6.07) is 4.08. The van der Waals surface area contributed by atoms with Crippen LogP contribution in [0.4, 0.5) is 10.1 Å². The summed E-state index contributed by atoms with van der Waals surface area (Å²) in [7, 11) is 0. The molecule has 0 heterocycles. The largest absolute Gasteiger partial charge is 0.772 e. The van der Waals surface area contributed by atoms with Gasteiger partial charge in [-0.15, -0.1) is 0 Å². The van der Waals surface area contributed by atoms with Crippen molar-refractivity contribution in [3.05, 3.63) is 29.6 Å². The van der Waals surface area contributed by atoms with Crippen LogP contribution in [0.2, 0.25) is 0 Å². The lowest BCUT2D eigenvalue weighted by Crippen LogP contribution is -2.01. The van der Waals surface area contributed by atoms with Crippen molar-refractivity contribution in [2.75, 3.05) is 5.73 Å². The first-order chi connectivity index (χ1) is 5.61. The van der Waals surface area contributed by atoms with Crippen LogP contribution in [0, 0.1) is 5.82 Å². The highest BCUT2D eigenvalue weighted by molar-refractivity contribution is 7.78. The number of hydrogen-bond donors (Lipinski definition) is 1. The van der Waals surface area contributed by atoms with Gasteiger partial charge in [-0.1, -0.05) is 17.1 Å². The summed E-state index contributed by atoms with van der Waals surface area (Å²) >= 11 is -2.31. The van der Waals surface area contributed by atoms with Crippen LogP contribution in [0.15, 0.2) is 18.2 Å². The molecule has 0 fully saturated rings. The fraction of sp³-hybridized carbons (Fsp3) is 0.143. The molecule has 66 valence electrons. The Hall–Kier alpha value is -0.940. The van der Waals surface area contributed by atoms with Gasteiger partial charge in [0.15, 0.2) is 0 Å². The van der Waals surface area contributed by atoms with Gasteiger partial charge in [0.25, 0.3) is 0 Å². The zero-order valence-electron chi connectivity index (χ0n) is 6.12. The van der Waals surface area contributed by atoms with Crippen LogP contribution in [0.5, 0.6) is 0 Å². The lowest BCUT2D eigenvalue weighted by molar-refractivity contribution is 0.533. The highest BCUT2D eigenvalue weighted by Gasteiger charge is 2.04. The third-order valence-electron chi connectivity index (χ3n) is 1.42. The highest BCUT2D eigenvalue weighted by Crippen LogP contribution is 2.16. The second kappa shape index (κ2) is 3.64. The molecule has 1 atom stereocenters. The smallest absolute Gasteiger partial charge is 0.129 e. The highest BCUT2D eigenvalue weighted by atomic mass is 32.2. The second-order valence-electron chi connectivity index (χ2n) is 2.26. The number of nitrogen functional groups attached to an aromatic ring is 1. The number of anilines is 1. The Morgan fingerprint density at radius 2 is 2.25 bits per heavy atom. The molecule has 0 aliphatic rings. The fourth-order valence-electron chi connectivity index (χ4n) is 0.845. The van der Waals surface area contributed by atoms with Crippen LogP contribution < -0.4 is 5.73 Å². The predicted molar refractivity (Wildman–Crippen MR) is 43.4 cm³/mol. The van der Waals surface area contributed by atoms with Gasteiger partial charge in [-0.25, -0.2) is 4.39 Å². The summed E-state index contributed by atoms with van der Waals surface area (Å²) in [6.07, 6.45) is 0. The molecule has 0 aliphatic carbocycles. The van der Waals surface area contributed by atoms with Gasteiger partial charge >= 0.3 is 0 Å². The summed E-state index contributed by atoms with van der Waals surface area (Å²) in [4.78, 5) is 0. The van der Waals surface area contributed by atoms with E-state index in [2.05, 4.69) is 0 Å². The summed E-state index contributed by atoms with van der Waals surface area (Å²) in [5.74, 6) is -0.961. The zero-order valence-corrected chi connectivity index (χ0v) is 6.94. The Kier molecular flexibility index (Phi) is 2.78. The van der Waals surface area contributed by atoms with E-state index in [4.69, 9.17) is 5.73 Å². The molecule has 3 nitrogen and oxygen atoms in total. The molecule has 0 saturated heterocycles. The Balaban J connectivity index is 3.04. The first kappa shape index (κ1) is 9.15. The molecule has 0 aliphatic heterocycles. The molecule has 5 heteroatoms. The van der Waals surface area contributed by atoms with Gasteiger partial charge in [0.2, 0.25) is 0 Å². The minimum Gasteiger partial charge on any atom is -0.772 e. The molecule has 0 radical (unpaired) electrons. The molecule has 2 N–H and O–H groups in total. The monoisotopic (exact) mass is 188 g/mol. The molecule has 12 heavy (non-hydrogen) atoms.